The summed E-state index contributed by atoms with van der Waals surface area (Å²) in [6.07, 6.45) is 7.81. The van der Waals surface area contributed by atoms with E-state index in [0.29, 0.717) is 25.1 Å². The summed E-state index contributed by atoms with van der Waals surface area (Å²) in [6, 6.07) is 15.1. The number of hydrogen-bond donors (Lipinski definition) is 2. The van der Waals surface area contributed by atoms with Crippen molar-refractivity contribution in [2.45, 2.75) is 58.9 Å². The molecule has 1 aromatic carbocycles. The summed E-state index contributed by atoms with van der Waals surface area (Å²) < 4.78 is 0. The van der Waals surface area contributed by atoms with Gasteiger partial charge in [0, 0.05) is 17.8 Å². The highest BCUT2D eigenvalue weighted by atomic mass is 16.2. The molecule has 6 nitrogen and oxygen atoms in total. The first kappa shape index (κ1) is 23.4. The van der Waals surface area contributed by atoms with Crippen molar-refractivity contribution in [2.24, 2.45) is 5.41 Å². The first-order valence-corrected chi connectivity index (χ1v) is 11.4. The molecule has 3 aromatic rings. The van der Waals surface area contributed by atoms with E-state index in [1.165, 1.54) is 0 Å². The lowest BCUT2D eigenvalue weighted by Gasteiger charge is -2.31. The number of rotatable bonds is 11. The summed E-state index contributed by atoms with van der Waals surface area (Å²) in [5, 5.41) is 6.97. The fourth-order valence-corrected chi connectivity index (χ4v) is 3.93. The van der Waals surface area contributed by atoms with Crippen LogP contribution in [0.3, 0.4) is 0 Å². The second kappa shape index (κ2) is 11.4. The van der Waals surface area contributed by atoms with Gasteiger partial charge in [-0.15, -0.1) is 0 Å². The van der Waals surface area contributed by atoms with E-state index in [-0.39, 0.29) is 11.8 Å². The molecule has 2 N–H and O–H groups in total. The van der Waals surface area contributed by atoms with Crippen molar-refractivity contribution in [3.05, 3.63) is 66.6 Å². The molecule has 2 amide bonds. The highest BCUT2D eigenvalue weighted by Crippen LogP contribution is 2.34. The predicted molar refractivity (Wildman–Crippen MR) is 128 cm³/mol. The van der Waals surface area contributed by atoms with E-state index >= 15 is 0 Å². The topological polar surface area (TPSA) is 84.0 Å². The van der Waals surface area contributed by atoms with E-state index in [9.17, 15) is 9.59 Å². The smallest absolute Gasteiger partial charge is 0.240 e. The van der Waals surface area contributed by atoms with Gasteiger partial charge in [0.2, 0.25) is 11.8 Å². The lowest BCUT2D eigenvalue weighted by molar-refractivity contribution is -0.142. The van der Waals surface area contributed by atoms with E-state index in [2.05, 4.69) is 34.4 Å². The molecule has 0 aliphatic rings. The largest absolute Gasteiger partial charge is 0.350 e. The van der Waals surface area contributed by atoms with Crippen molar-refractivity contribution < 1.29 is 9.59 Å². The second-order valence-electron chi connectivity index (χ2n) is 8.13. The molecule has 0 unspecified atom stereocenters. The normalized spacial score (nSPS) is 11.3. The maximum absolute atomic E-state index is 13.7. The predicted octanol–water partition coefficient (Wildman–Crippen LogP) is 5.25. The third kappa shape index (κ3) is 5.49. The Morgan fingerprint density at radius 3 is 2.25 bits per heavy atom. The maximum atomic E-state index is 13.7. The number of nitrogens with zero attached hydrogens (tertiary/aromatic N) is 2. The Morgan fingerprint density at radius 1 is 0.844 bits per heavy atom. The monoisotopic (exact) mass is 432 g/mol. The van der Waals surface area contributed by atoms with E-state index < -0.39 is 5.41 Å². The van der Waals surface area contributed by atoms with Crippen LogP contribution in [0, 0.1) is 5.41 Å². The SMILES string of the molecule is CCCCC(CCCC)(C(=O)NCc1ccccn1)C(=O)Nc1cccc2cccnc12. The van der Waals surface area contributed by atoms with E-state index in [0.717, 1.165) is 42.3 Å². The van der Waals surface area contributed by atoms with Crippen molar-refractivity contribution in [2.75, 3.05) is 5.32 Å². The fourth-order valence-electron chi connectivity index (χ4n) is 3.93. The van der Waals surface area contributed by atoms with Crippen LogP contribution in [0.1, 0.15) is 58.1 Å². The highest BCUT2D eigenvalue weighted by Gasteiger charge is 2.44. The summed E-state index contributed by atoms with van der Waals surface area (Å²) in [5.41, 5.74) is 0.970. The molecule has 0 radical (unpaired) electrons. The fraction of sp³-hybridized carbons (Fsp3) is 0.385. The molecule has 2 aromatic heterocycles. The Bertz CT molecular complexity index is 1020. The number of fused-ring (bicyclic) bond motifs is 1. The van der Waals surface area contributed by atoms with Gasteiger partial charge in [0.15, 0.2) is 0 Å². The molecule has 0 fully saturated rings. The minimum absolute atomic E-state index is 0.240. The van der Waals surface area contributed by atoms with Gasteiger partial charge >= 0.3 is 0 Å². The Morgan fingerprint density at radius 2 is 1.56 bits per heavy atom. The maximum Gasteiger partial charge on any atom is 0.240 e. The first-order chi connectivity index (χ1) is 15.6. The van der Waals surface area contributed by atoms with Gasteiger partial charge in [0.25, 0.3) is 0 Å². The zero-order valence-corrected chi connectivity index (χ0v) is 18.9. The molecule has 0 saturated carbocycles. The van der Waals surface area contributed by atoms with Gasteiger partial charge in [-0.3, -0.25) is 19.6 Å². The van der Waals surface area contributed by atoms with Crippen LogP contribution < -0.4 is 10.6 Å². The van der Waals surface area contributed by atoms with Crippen molar-refractivity contribution in [1.29, 1.82) is 0 Å². The molecule has 0 bridgehead atoms. The molecule has 0 aliphatic heterocycles. The number of unbranched alkanes of at least 4 members (excludes halogenated alkanes) is 2. The molecule has 0 aliphatic carbocycles. The van der Waals surface area contributed by atoms with Crippen LogP contribution in [-0.2, 0) is 16.1 Å². The summed E-state index contributed by atoms with van der Waals surface area (Å²) in [4.78, 5) is 36.0. The first-order valence-electron chi connectivity index (χ1n) is 11.4. The summed E-state index contributed by atoms with van der Waals surface area (Å²) in [6.45, 7) is 4.44. The number of nitrogens with one attached hydrogen (secondary N) is 2. The number of amides is 2. The minimum Gasteiger partial charge on any atom is -0.350 e. The third-order valence-corrected chi connectivity index (χ3v) is 5.82. The molecule has 3 rings (SSSR count). The number of para-hydroxylation sites is 1. The van der Waals surface area contributed by atoms with Gasteiger partial charge in [-0.2, -0.15) is 0 Å². The molecule has 32 heavy (non-hydrogen) atoms. The van der Waals surface area contributed by atoms with Gasteiger partial charge in [0.1, 0.15) is 5.41 Å². The van der Waals surface area contributed by atoms with Crippen LogP contribution in [-0.4, -0.2) is 21.8 Å². The molecule has 0 saturated heterocycles. The standard InChI is InChI=1S/C26H32N4O2/c1-3-5-15-26(16-6-4-2,24(31)29-19-21-13-7-8-17-27-21)25(32)30-22-14-9-11-20-12-10-18-28-23(20)22/h7-14,17-18H,3-6,15-16,19H2,1-2H3,(H,29,31)(H,30,32). The van der Waals surface area contributed by atoms with E-state index in [4.69, 9.17) is 0 Å². The van der Waals surface area contributed by atoms with Crippen LogP contribution in [0.4, 0.5) is 5.69 Å². The number of aromatic nitrogens is 2. The Kier molecular flexibility index (Phi) is 8.31. The number of pyridine rings is 2. The van der Waals surface area contributed by atoms with Crippen LogP contribution in [0.15, 0.2) is 60.9 Å². The summed E-state index contributed by atoms with van der Waals surface area (Å²) in [5.74, 6) is -0.508. The lowest BCUT2D eigenvalue weighted by Crippen LogP contribution is -2.49. The van der Waals surface area contributed by atoms with Crippen LogP contribution in [0.2, 0.25) is 0 Å². The Hall–Kier alpha value is -3.28. The van der Waals surface area contributed by atoms with Gasteiger partial charge in [-0.25, -0.2) is 0 Å². The van der Waals surface area contributed by atoms with Crippen molar-refractivity contribution in [1.82, 2.24) is 15.3 Å². The molecule has 0 atom stereocenters. The third-order valence-electron chi connectivity index (χ3n) is 5.82. The lowest BCUT2D eigenvalue weighted by atomic mass is 9.76. The second-order valence-corrected chi connectivity index (χ2v) is 8.13. The molecule has 168 valence electrons. The molecule has 6 heteroatoms. The Balaban J connectivity index is 1.90. The van der Waals surface area contributed by atoms with E-state index in [1.807, 2.05) is 48.5 Å². The molecule has 0 spiro atoms. The Labute approximate surface area is 189 Å². The van der Waals surface area contributed by atoms with Crippen molar-refractivity contribution in [3.8, 4) is 0 Å². The summed E-state index contributed by atoms with van der Waals surface area (Å²) >= 11 is 0. The van der Waals surface area contributed by atoms with Crippen LogP contribution in [0.25, 0.3) is 10.9 Å². The molecular formula is C26H32N4O2. The summed E-state index contributed by atoms with van der Waals surface area (Å²) in [7, 11) is 0. The van der Waals surface area contributed by atoms with Crippen molar-refractivity contribution in [3.63, 3.8) is 0 Å². The zero-order valence-electron chi connectivity index (χ0n) is 18.9. The quantitative estimate of drug-likeness (QED) is 0.405. The highest BCUT2D eigenvalue weighted by molar-refractivity contribution is 6.12. The molecule has 2 heterocycles. The molecular weight excluding hydrogens is 400 g/mol. The number of carbonyl (C=O) groups excluding carboxylic acids is 2. The minimum atomic E-state index is -1.14. The number of benzene rings is 1. The van der Waals surface area contributed by atoms with E-state index in [1.54, 1.807) is 12.4 Å². The number of hydrogen-bond acceptors (Lipinski definition) is 4. The number of anilines is 1. The number of carbonyl (C=O) groups is 2. The van der Waals surface area contributed by atoms with Gasteiger partial charge in [0.05, 0.1) is 23.4 Å². The van der Waals surface area contributed by atoms with Gasteiger partial charge in [-0.1, -0.05) is 63.8 Å². The van der Waals surface area contributed by atoms with Crippen LogP contribution in [0.5, 0.6) is 0 Å². The average molecular weight is 433 g/mol. The van der Waals surface area contributed by atoms with Gasteiger partial charge < -0.3 is 10.6 Å². The van der Waals surface area contributed by atoms with Crippen LogP contribution >= 0.6 is 0 Å². The van der Waals surface area contributed by atoms with Gasteiger partial charge in [-0.05, 0) is 37.1 Å². The average Bonchev–Trinajstić information content (AvgIpc) is 2.83. The van der Waals surface area contributed by atoms with Crippen molar-refractivity contribution >= 4 is 28.4 Å². The zero-order chi connectivity index (χ0) is 22.8.